The van der Waals surface area contributed by atoms with Crippen molar-refractivity contribution in [2.24, 2.45) is 0 Å². The van der Waals surface area contributed by atoms with Crippen molar-refractivity contribution >= 4 is 40.1 Å². The van der Waals surface area contributed by atoms with Crippen molar-refractivity contribution < 1.29 is 27.6 Å². The number of rotatable bonds is 4. The van der Waals surface area contributed by atoms with Gasteiger partial charge in [0.1, 0.15) is 11.7 Å². The molecular weight excluding hydrogens is 360 g/mol. The summed E-state index contributed by atoms with van der Waals surface area (Å²) in [7, 11) is 0. The van der Waals surface area contributed by atoms with E-state index in [-0.39, 0.29) is 16.3 Å². The minimum Gasteiger partial charge on any atom is -0.340 e. The van der Waals surface area contributed by atoms with Crippen LogP contribution in [0.4, 0.5) is 13.2 Å². The molecule has 0 aliphatic carbocycles. The number of carbonyl (C=O) groups is 3. The van der Waals surface area contributed by atoms with E-state index in [0.717, 1.165) is 0 Å². The van der Waals surface area contributed by atoms with Crippen LogP contribution in [0.1, 0.15) is 39.9 Å². The van der Waals surface area contributed by atoms with E-state index >= 15 is 0 Å². The van der Waals surface area contributed by atoms with E-state index in [0.29, 0.717) is 32.0 Å². The lowest BCUT2D eigenvalue weighted by atomic mass is 10.1. The molecule has 1 aromatic rings. The lowest BCUT2D eigenvalue weighted by Gasteiger charge is -2.16. The van der Waals surface area contributed by atoms with Gasteiger partial charge >= 0.3 is 6.18 Å². The fraction of sp³-hybridized carbons (Fsp3) is 0.462. The topological polar surface area (TPSA) is 68.2 Å². The summed E-state index contributed by atoms with van der Waals surface area (Å²) in [5.74, 6) is -2.68. The fourth-order valence-electron chi connectivity index (χ4n) is 2.42. The van der Waals surface area contributed by atoms with Crippen LogP contribution in [0.2, 0.25) is 5.02 Å². The molecule has 2 heterocycles. The molecule has 0 fully saturated rings. The summed E-state index contributed by atoms with van der Waals surface area (Å²) in [6, 6.07) is -2.19. The van der Waals surface area contributed by atoms with E-state index in [1.807, 2.05) is 0 Å². The van der Waals surface area contributed by atoms with E-state index in [9.17, 15) is 27.6 Å². The quantitative estimate of drug-likeness (QED) is 0.503. The van der Waals surface area contributed by atoms with Gasteiger partial charge in [-0.05, 0) is 31.4 Å². The number of aromatic nitrogens is 1. The number of halogens is 5. The second-order valence-electron chi connectivity index (χ2n) is 5.08. The lowest BCUT2D eigenvalue weighted by Crippen LogP contribution is -2.46. The first-order chi connectivity index (χ1) is 10.6. The van der Waals surface area contributed by atoms with Crippen LogP contribution in [0.25, 0.3) is 0 Å². The minimum atomic E-state index is -4.68. The molecule has 10 heteroatoms. The van der Waals surface area contributed by atoms with Gasteiger partial charge in [0.05, 0.1) is 10.6 Å². The van der Waals surface area contributed by atoms with Gasteiger partial charge in [0.25, 0.3) is 16.9 Å². The zero-order chi connectivity index (χ0) is 17.5. The van der Waals surface area contributed by atoms with E-state index in [4.69, 9.17) is 23.2 Å². The molecule has 0 aromatic carbocycles. The van der Waals surface area contributed by atoms with Crippen molar-refractivity contribution in [1.82, 2.24) is 9.88 Å². The molecule has 1 aliphatic rings. The van der Waals surface area contributed by atoms with Crippen LogP contribution in [0.3, 0.4) is 0 Å². The number of hydrogen-bond acceptors (Lipinski definition) is 3. The van der Waals surface area contributed by atoms with Crippen LogP contribution in [-0.2, 0) is 17.8 Å². The monoisotopic (exact) mass is 370 g/mol. The van der Waals surface area contributed by atoms with Gasteiger partial charge in [-0.1, -0.05) is 11.6 Å². The number of nitrogens with one attached hydrogen (secondary N) is 1. The Morgan fingerprint density at radius 2 is 1.91 bits per heavy atom. The Hall–Kier alpha value is -1.54. The van der Waals surface area contributed by atoms with E-state index in [1.54, 1.807) is 5.32 Å². The molecule has 2 rings (SSSR count). The number of amides is 1. The zero-order valence-corrected chi connectivity index (χ0v) is 13.3. The number of carbonyl (C=O) groups excluding carboxylic acids is 3. The van der Waals surface area contributed by atoms with Gasteiger partial charge in [-0.15, -0.1) is 0 Å². The molecule has 23 heavy (non-hydrogen) atoms. The van der Waals surface area contributed by atoms with Crippen LogP contribution in [0.5, 0.6) is 0 Å². The molecule has 0 spiro atoms. The highest BCUT2D eigenvalue weighted by Gasteiger charge is 2.40. The van der Waals surface area contributed by atoms with E-state index in [1.165, 1.54) is 4.57 Å². The van der Waals surface area contributed by atoms with E-state index < -0.39 is 29.2 Å². The average Bonchev–Trinajstić information content (AvgIpc) is 2.95. The van der Waals surface area contributed by atoms with Gasteiger partial charge < -0.3 is 9.88 Å². The van der Waals surface area contributed by atoms with Crippen molar-refractivity contribution in [1.29, 1.82) is 0 Å². The number of fused-ring (bicyclic) bond motifs is 1. The minimum absolute atomic E-state index is 0.0779. The van der Waals surface area contributed by atoms with Crippen molar-refractivity contribution in [3.05, 3.63) is 22.0 Å². The third-order valence-electron chi connectivity index (χ3n) is 3.56. The van der Waals surface area contributed by atoms with Crippen LogP contribution in [-0.4, -0.2) is 33.7 Å². The normalized spacial score (nSPS) is 15.2. The van der Waals surface area contributed by atoms with Gasteiger partial charge in [-0.25, -0.2) is 0 Å². The van der Waals surface area contributed by atoms with Crippen molar-refractivity contribution in [3.63, 3.8) is 0 Å². The molecule has 0 bridgehead atoms. The molecule has 0 saturated heterocycles. The number of nitrogens with zero attached hydrogens (tertiary/aromatic N) is 1. The fourth-order valence-corrected chi connectivity index (χ4v) is 3.05. The van der Waals surface area contributed by atoms with Crippen molar-refractivity contribution in [3.8, 4) is 0 Å². The molecule has 1 atom stereocenters. The van der Waals surface area contributed by atoms with Gasteiger partial charge in [0.2, 0.25) is 0 Å². The third-order valence-corrected chi connectivity index (χ3v) is 4.12. The smallest absolute Gasteiger partial charge is 0.340 e. The molecule has 1 aromatic heterocycles. The predicted octanol–water partition coefficient (Wildman–Crippen LogP) is 2.72. The molecule has 0 radical (unpaired) electrons. The predicted molar refractivity (Wildman–Crippen MR) is 75.9 cm³/mol. The number of hydrogen-bond donors (Lipinski definition) is 1. The maximum Gasteiger partial charge on any atom is 0.408 e. The standard InChI is InChI=1S/C13H11Cl2F3N2O3/c1-5(13(16,17)18)19-12(23)10(21)9-8(14)7(11(15)22)6-3-2-4-20(6)9/h5H,2-4H2,1H3,(H,19,23). The largest absolute Gasteiger partial charge is 0.408 e. The summed E-state index contributed by atoms with van der Waals surface area (Å²) < 4.78 is 38.8. The molecule has 1 unspecified atom stereocenters. The Morgan fingerprint density at radius 1 is 1.30 bits per heavy atom. The summed E-state index contributed by atoms with van der Waals surface area (Å²) in [5, 5.41) is 0.380. The first-order valence-electron chi connectivity index (χ1n) is 6.58. The third kappa shape index (κ3) is 3.23. The number of ketones is 1. The first-order valence-corrected chi connectivity index (χ1v) is 7.33. The molecule has 126 valence electrons. The molecule has 1 aliphatic heterocycles. The average molecular weight is 371 g/mol. The van der Waals surface area contributed by atoms with Gasteiger partial charge in [-0.3, -0.25) is 14.4 Å². The first kappa shape index (κ1) is 17.8. The highest BCUT2D eigenvalue weighted by atomic mass is 35.5. The Balaban J connectivity index is 2.36. The molecule has 0 saturated carbocycles. The molecule has 5 nitrogen and oxygen atoms in total. The van der Waals surface area contributed by atoms with Gasteiger partial charge in [0, 0.05) is 12.2 Å². The number of alkyl halides is 3. The summed E-state index contributed by atoms with van der Waals surface area (Å²) in [4.78, 5) is 35.4. The van der Waals surface area contributed by atoms with Crippen LogP contribution in [0, 0.1) is 0 Å². The Morgan fingerprint density at radius 3 is 2.43 bits per heavy atom. The van der Waals surface area contributed by atoms with Crippen molar-refractivity contribution in [2.75, 3.05) is 0 Å². The Kier molecular flexibility index (Phi) is 4.77. The summed E-state index contributed by atoms with van der Waals surface area (Å²) in [5.41, 5.74) is 0.0240. The number of Topliss-reactive ketones (excluding diaryl/α,β-unsaturated/α-hetero) is 1. The Bertz CT molecular complexity index is 698. The van der Waals surface area contributed by atoms with Gasteiger partial charge in [0.15, 0.2) is 0 Å². The van der Waals surface area contributed by atoms with Crippen molar-refractivity contribution in [2.45, 2.75) is 38.5 Å². The SMILES string of the molecule is CC(NC(=O)C(=O)c1c(Cl)c(C(=O)Cl)c2n1CCC2)C(F)(F)F. The van der Waals surface area contributed by atoms with Crippen LogP contribution >= 0.6 is 23.2 Å². The second kappa shape index (κ2) is 6.16. The molecular formula is C13H11Cl2F3N2O3. The maximum absolute atomic E-state index is 12.5. The highest BCUT2D eigenvalue weighted by Crippen LogP contribution is 2.34. The lowest BCUT2D eigenvalue weighted by molar-refractivity contribution is -0.156. The Labute approximate surface area is 138 Å². The second-order valence-corrected chi connectivity index (χ2v) is 5.80. The van der Waals surface area contributed by atoms with E-state index in [2.05, 4.69) is 0 Å². The molecule has 1 N–H and O–H groups in total. The van der Waals surface area contributed by atoms with Crippen LogP contribution in [0.15, 0.2) is 0 Å². The zero-order valence-electron chi connectivity index (χ0n) is 11.8. The van der Waals surface area contributed by atoms with Gasteiger partial charge in [-0.2, -0.15) is 13.2 Å². The van der Waals surface area contributed by atoms with Crippen LogP contribution < -0.4 is 5.32 Å². The summed E-state index contributed by atoms with van der Waals surface area (Å²) in [6.07, 6.45) is -3.65. The summed E-state index contributed by atoms with van der Waals surface area (Å²) >= 11 is 11.4. The maximum atomic E-state index is 12.5. The summed E-state index contributed by atoms with van der Waals surface area (Å²) in [6.45, 7) is 1.03. The highest BCUT2D eigenvalue weighted by molar-refractivity contribution is 6.69. The molecule has 1 amide bonds.